The van der Waals surface area contributed by atoms with Gasteiger partial charge in [0.05, 0.1) is 6.54 Å². The summed E-state index contributed by atoms with van der Waals surface area (Å²) >= 11 is 1.85. The van der Waals surface area contributed by atoms with Gasteiger partial charge in [0.15, 0.2) is 5.96 Å². The van der Waals surface area contributed by atoms with Crippen LogP contribution in [0.5, 0.6) is 0 Å². The first-order chi connectivity index (χ1) is 14.0. The second kappa shape index (κ2) is 10.4. The minimum atomic E-state index is 0.270. The van der Waals surface area contributed by atoms with E-state index in [9.17, 15) is 4.79 Å². The molecule has 1 fully saturated rings. The lowest BCUT2D eigenvalue weighted by Gasteiger charge is -2.17. The minimum absolute atomic E-state index is 0.270. The standard InChI is InChI=1S/C23H32N4OS/c1-4-24-23(26-17(2)14-21-12-7-18(3)29-21)25-15-19-8-10-20(11-9-19)16-27-13-5-6-22(27)28/h7-12,17H,4-6,13-16H2,1-3H3,(H2,24,25,26). The second-order valence-corrected chi connectivity index (χ2v) is 9.06. The average molecular weight is 413 g/mol. The van der Waals surface area contributed by atoms with Crippen molar-refractivity contribution in [1.82, 2.24) is 15.5 Å². The summed E-state index contributed by atoms with van der Waals surface area (Å²) in [6, 6.07) is 13.1. The first-order valence-corrected chi connectivity index (χ1v) is 11.3. The van der Waals surface area contributed by atoms with Crippen LogP contribution in [0.2, 0.25) is 0 Å². The zero-order valence-electron chi connectivity index (χ0n) is 17.7. The van der Waals surface area contributed by atoms with Crippen LogP contribution in [0.3, 0.4) is 0 Å². The summed E-state index contributed by atoms with van der Waals surface area (Å²) in [6.07, 6.45) is 2.67. The van der Waals surface area contributed by atoms with E-state index in [1.807, 2.05) is 16.2 Å². The van der Waals surface area contributed by atoms with E-state index in [0.29, 0.717) is 25.6 Å². The van der Waals surface area contributed by atoms with Gasteiger partial charge in [0.1, 0.15) is 0 Å². The topological polar surface area (TPSA) is 56.7 Å². The molecule has 2 heterocycles. The van der Waals surface area contributed by atoms with Crippen LogP contribution in [0.4, 0.5) is 0 Å². The molecule has 1 unspecified atom stereocenters. The lowest BCUT2D eigenvalue weighted by molar-refractivity contribution is -0.128. The lowest BCUT2D eigenvalue weighted by Crippen LogP contribution is -2.43. The second-order valence-electron chi connectivity index (χ2n) is 7.69. The summed E-state index contributed by atoms with van der Waals surface area (Å²) < 4.78 is 0. The van der Waals surface area contributed by atoms with E-state index in [4.69, 9.17) is 4.99 Å². The Labute approximate surface area is 178 Å². The molecule has 1 amide bonds. The van der Waals surface area contributed by atoms with E-state index in [0.717, 1.165) is 31.9 Å². The Morgan fingerprint density at radius 3 is 2.59 bits per heavy atom. The number of hydrogen-bond donors (Lipinski definition) is 2. The number of carbonyl (C=O) groups excluding carboxylic acids is 1. The largest absolute Gasteiger partial charge is 0.357 e. The number of thiophene rings is 1. The number of guanidine groups is 1. The molecule has 1 atom stereocenters. The van der Waals surface area contributed by atoms with Crippen LogP contribution in [0.15, 0.2) is 41.4 Å². The highest BCUT2D eigenvalue weighted by atomic mass is 32.1. The van der Waals surface area contributed by atoms with Gasteiger partial charge in [0, 0.05) is 48.3 Å². The molecule has 5 nitrogen and oxygen atoms in total. The molecule has 3 rings (SSSR count). The lowest BCUT2D eigenvalue weighted by atomic mass is 10.1. The van der Waals surface area contributed by atoms with Crippen molar-refractivity contribution < 1.29 is 4.79 Å². The van der Waals surface area contributed by atoms with Crippen LogP contribution in [0.1, 0.15) is 47.6 Å². The van der Waals surface area contributed by atoms with Crippen LogP contribution in [-0.2, 0) is 24.3 Å². The maximum atomic E-state index is 11.8. The Balaban J connectivity index is 1.54. The van der Waals surface area contributed by atoms with Crippen LogP contribution in [0.25, 0.3) is 0 Å². The first kappa shape index (κ1) is 21.4. The van der Waals surface area contributed by atoms with E-state index in [2.05, 4.69) is 67.8 Å². The third kappa shape index (κ3) is 6.60. The molecule has 0 saturated carbocycles. The fourth-order valence-corrected chi connectivity index (χ4v) is 4.53. The molecule has 1 aliphatic rings. The number of amides is 1. The van der Waals surface area contributed by atoms with Crippen molar-refractivity contribution >= 4 is 23.2 Å². The molecular weight excluding hydrogens is 380 g/mol. The molecule has 1 aliphatic heterocycles. The Morgan fingerprint density at radius 2 is 1.97 bits per heavy atom. The summed E-state index contributed by atoms with van der Waals surface area (Å²) in [5.74, 6) is 1.12. The van der Waals surface area contributed by atoms with Gasteiger partial charge in [-0.05, 0) is 50.5 Å². The number of likely N-dealkylation sites (tertiary alicyclic amines) is 1. The molecule has 29 heavy (non-hydrogen) atoms. The molecule has 2 aromatic rings. The third-order valence-electron chi connectivity index (χ3n) is 5.02. The van der Waals surface area contributed by atoms with Gasteiger partial charge < -0.3 is 15.5 Å². The molecule has 2 N–H and O–H groups in total. The van der Waals surface area contributed by atoms with Gasteiger partial charge in [0.25, 0.3) is 0 Å². The van der Waals surface area contributed by atoms with Gasteiger partial charge in [-0.25, -0.2) is 4.99 Å². The summed E-state index contributed by atoms with van der Waals surface area (Å²) in [5, 5.41) is 6.85. The fourth-order valence-electron chi connectivity index (χ4n) is 3.51. The van der Waals surface area contributed by atoms with Gasteiger partial charge in [-0.2, -0.15) is 0 Å². The highest BCUT2D eigenvalue weighted by Crippen LogP contribution is 2.17. The van der Waals surface area contributed by atoms with Crippen molar-refractivity contribution in [2.24, 2.45) is 4.99 Å². The Morgan fingerprint density at radius 1 is 1.21 bits per heavy atom. The number of nitrogens with one attached hydrogen (secondary N) is 2. The van der Waals surface area contributed by atoms with Crippen molar-refractivity contribution in [2.75, 3.05) is 13.1 Å². The first-order valence-electron chi connectivity index (χ1n) is 10.5. The smallest absolute Gasteiger partial charge is 0.222 e. The Hall–Kier alpha value is -2.34. The molecular formula is C23H32N4OS. The molecule has 0 bridgehead atoms. The van der Waals surface area contributed by atoms with Gasteiger partial charge in [-0.15, -0.1) is 11.3 Å². The third-order valence-corrected chi connectivity index (χ3v) is 6.04. The maximum absolute atomic E-state index is 11.8. The Bertz CT molecular complexity index is 828. The van der Waals surface area contributed by atoms with Crippen LogP contribution < -0.4 is 10.6 Å². The maximum Gasteiger partial charge on any atom is 0.222 e. The predicted octanol–water partition coefficient (Wildman–Crippen LogP) is 3.87. The van der Waals surface area contributed by atoms with Crippen molar-refractivity contribution in [3.8, 4) is 0 Å². The van der Waals surface area contributed by atoms with Gasteiger partial charge in [0.2, 0.25) is 5.91 Å². The molecule has 1 saturated heterocycles. The number of rotatable bonds is 8. The molecule has 0 spiro atoms. The van der Waals surface area contributed by atoms with Crippen molar-refractivity contribution in [3.63, 3.8) is 0 Å². The average Bonchev–Trinajstić information content (AvgIpc) is 3.29. The molecule has 0 aliphatic carbocycles. The molecule has 156 valence electrons. The van der Waals surface area contributed by atoms with E-state index in [1.165, 1.54) is 20.9 Å². The number of nitrogens with zero attached hydrogens (tertiary/aromatic N) is 2. The quantitative estimate of drug-likeness (QED) is 0.511. The summed E-state index contributed by atoms with van der Waals surface area (Å²) in [5.41, 5.74) is 2.35. The number of benzene rings is 1. The number of hydrogen-bond acceptors (Lipinski definition) is 3. The highest BCUT2D eigenvalue weighted by molar-refractivity contribution is 7.11. The van der Waals surface area contributed by atoms with Crippen LogP contribution >= 0.6 is 11.3 Å². The van der Waals surface area contributed by atoms with Gasteiger partial charge in [-0.1, -0.05) is 24.3 Å². The number of aryl methyl sites for hydroxylation is 1. The van der Waals surface area contributed by atoms with Crippen LogP contribution in [0, 0.1) is 6.92 Å². The monoisotopic (exact) mass is 412 g/mol. The van der Waals surface area contributed by atoms with Gasteiger partial charge in [-0.3, -0.25) is 4.79 Å². The summed E-state index contributed by atoms with van der Waals surface area (Å²) in [7, 11) is 0. The van der Waals surface area contributed by atoms with E-state index < -0.39 is 0 Å². The van der Waals surface area contributed by atoms with Crippen molar-refractivity contribution in [2.45, 2.75) is 59.2 Å². The van der Waals surface area contributed by atoms with Crippen molar-refractivity contribution in [1.29, 1.82) is 0 Å². The summed E-state index contributed by atoms with van der Waals surface area (Å²) in [6.45, 7) is 9.47. The molecule has 0 radical (unpaired) electrons. The van der Waals surface area contributed by atoms with Crippen molar-refractivity contribution in [3.05, 3.63) is 57.3 Å². The number of carbonyl (C=O) groups is 1. The number of aliphatic imine (C=N–C) groups is 1. The highest BCUT2D eigenvalue weighted by Gasteiger charge is 2.19. The molecule has 6 heteroatoms. The minimum Gasteiger partial charge on any atom is -0.357 e. The van der Waals surface area contributed by atoms with Crippen LogP contribution in [-0.4, -0.2) is 35.9 Å². The summed E-state index contributed by atoms with van der Waals surface area (Å²) in [4.78, 5) is 21.2. The van der Waals surface area contributed by atoms with E-state index in [-0.39, 0.29) is 5.91 Å². The Kier molecular flexibility index (Phi) is 7.69. The van der Waals surface area contributed by atoms with Gasteiger partial charge >= 0.3 is 0 Å². The molecule has 1 aromatic carbocycles. The SMILES string of the molecule is CCNC(=NCc1ccc(CN2CCCC2=O)cc1)NC(C)Cc1ccc(C)s1. The normalized spacial score (nSPS) is 15.6. The van der Waals surface area contributed by atoms with E-state index in [1.54, 1.807) is 0 Å². The molecule has 1 aromatic heterocycles. The van der Waals surface area contributed by atoms with E-state index >= 15 is 0 Å². The fraction of sp³-hybridized carbons (Fsp3) is 0.478. The zero-order valence-corrected chi connectivity index (χ0v) is 18.5. The zero-order chi connectivity index (χ0) is 20.6. The predicted molar refractivity (Wildman–Crippen MR) is 121 cm³/mol.